The summed E-state index contributed by atoms with van der Waals surface area (Å²) in [6.07, 6.45) is 2.49. The van der Waals surface area contributed by atoms with Crippen molar-refractivity contribution in [1.29, 1.82) is 0 Å². The van der Waals surface area contributed by atoms with Gasteiger partial charge < -0.3 is 5.73 Å². The number of hydrogen-bond acceptors (Lipinski definition) is 2. The molecule has 0 aliphatic heterocycles. The summed E-state index contributed by atoms with van der Waals surface area (Å²) in [5, 5.41) is 5.37. The topological polar surface area (TPSA) is 43.8 Å². The Morgan fingerprint density at radius 3 is 2.89 bits per heavy atom. The number of rotatable bonds is 3. The van der Waals surface area contributed by atoms with Crippen LogP contribution in [0.1, 0.15) is 35.7 Å². The van der Waals surface area contributed by atoms with E-state index in [-0.39, 0.29) is 0 Å². The summed E-state index contributed by atoms with van der Waals surface area (Å²) >= 11 is 6.19. The number of aromatic nitrogens is 2. The van der Waals surface area contributed by atoms with E-state index in [1.54, 1.807) is 0 Å². The zero-order chi connectivity index (χ0) is 12.7. The average molecular weight is 262 g/mol. The standard InChI is InChI=1S/C14H16ClN3/c1-9-12(15)3-2-4-13(9)18-14(10-5-6-10)7-11(8-16)17-18/h2-4,7,10H,5-6,8,16H2,1H3. The summed E-state index contributed by atoms with van der Waals surface area (Å²) in [5.74, 6) is 0.635. The van der Waals surface area contributed by atoms with Gasteiger partial charge in [0.05, 0.1) is 11.4 Å². The molecule has 1 heterocycles. The predicted octanol–water partition coefficient (Wildman–Crippen LogP) is 3.17. The van der Waals surface area contributed by atoms with Gasteiger partial charge in [-0.3, -0.25) is 0 Å². The van der Waals surface area contributed by atoms with Crippen LogP contribution >= 0.6 is 11.6 Å². The second kappa shape index (κ2) is 4.41. The summed E-state index contributed by atoms with van der Waals surface area (Å²) in [6, 6.07) is 8.05. The second-order valence-electron chi connectivity index (χ2n) is 4.83. The van der Waals surface area contributed by atoms with E-state index in [0.29, 0.717) is 12.5 Å². The van der Waals surface area contributed by atoms with Crippen LogP contribution in [0.15, 0.2) is 24.3 Å². The van der Waals surface area contributed by atoms with Gasteiger partial charge in [-0.25, -0.2) is 4.68 Å². The fourth-order valence-electron chi connectivity index (χ4n) is 2.24. The number of benzene rings is 1. The largest absolute Gasteiger partial charge is 0.325 e. The van der Waals surface area contributed by atoms with Gasteiger partial charge in [-0.1, -0.05) is 17.7 Å². The van der Waals surface area contributed by atoms with Crippen molar-refractivity contribution in [3.63, 3.8) is 0 Å². The van der Waals surface area contributed by atoms with Crippen LogP contribution in [0.4, 0.5) is 0 Å². The zero-order valence-electron chi connectivity index (χ0n) is 10.4. The zero-order valence-corrected chi connectivity index (χ0v) is 11.1. The van der Waals surface area contributed by atoms with Crippen LogP contribution in [-0.4, -0.2) is 9.78 Å². The van der Waals surface area contributed by atoms with Crippen molar-refractivity contribution in [2.75, 3.05) is 0 Å². The van der Waals surface area contributed by atoms with Gasteiger partial charge in [0.1, 0.15) is 0 Å². The summed E-state index contributed by atoms with van der Waals surface area (Å²) < 4.78 is 2.01. The lowest BCUT2D eigenvalue weighted by atomic mass is 10.2. The van der Waals surface area contributed by atoms with Crippen LogP contribution in [0.5, 0.6) is 0 Å². The van der Waals surface area contributed by atoms with Crippen molar-refractivity contribution >= 4 is 11.6 Å². The Balaban J connectivity index is 2.15. The Morgan fingerprint density at radius 1 is 1.44 bits per heavy atom. The van der Waals surface area contributed by atoms with Gasteiger partial charge in [0.25, 0.3) is 0 Å². The molecule has 0 saturated heterocycles. The summed E-state index contributed by atoms with van der Waals surface area (Å²) in [5.41, 5.74) is 10.0. The smallest absolute Gasteiger partial charge is 0.0767 e. The number of halogens is 1. The number of hydrogen-bond donors (Lipinski definition) is 1. The summed E-state index contributed by atoms with van der Waals surface area (Å²) in [7, 11) is 0. The molecule has 0 unspecified atom stereocenters. The number of nitrogens with zero attached hydrogens (tertiary/aromatic N) is 2. The minimum absolute atomic E-state index is 0.479. The molecule has 0 bridgehead atoms. The van der Waals surface area contributed by atoms with Gasteiger partial charge in [-0.15, -0.1) is 0 Å². The van der Waals surface area contributed by atoms with Crippen LogP contribution in [-0.2, 0) is 6.54 Å². The maximum atomic E-state index is 6.19. The Morgan fingerprint density at radius 2 is 2.22 bits per heavy atom. The Bertz CT molecular complexity index is 585. The lowest BCUT2D eigenvalue weighted by Gasteiger charge is -2.10. The molecule has 18 heavy (non-hydrogen) atoms. The summed E-state index contributed by atoms with van der Waals surface area (Å²) in [6.45, 7) is 2.50. The SMILES string of the molecule is Cc1c(Cl)cccc1-n1nc(CN)cc1C1CC1. The summed E-state index contributed by atoms with van der Waals surface area (Å²) in [4.78, 5) is 0. The molecule has 1 saturated carbocycles. The highest BCUT2D eigenvalue weighted by Crippen LogP contribution is 2.41. The van der Waals surface area contributed by atoms with Crippen LogP contribution < -0.4 is 5.73 Å². The van der Waals surface area contributed by atoms with Gasteiger partial charge in [-0.05, 0) is 43.5 Å². The minimum Gasteiger partial charge on any atom is -0.325 e. The van der Waals surface area contributed by atoms with Crippen LogP contribution in [0.2, 0.25) is 5.02 Å². The molecular weight excluding hydrogens is 246 g/mol. The van der Waals surface area contributed by atoms with Crippen molar-refractivity contribution in [3.8, 4) is 5.69 Å². The number of nitrogens with two attached hydrogens (primary N) is 1. The van der Waals surface area contributed by atoms with Gasteiger partial charge in [0.2, 0.25) is 0 Å². The molecule has 2 aromatic rings. The minimum atomic E-state index is 0.479. The van der Waals surface area contributed by atoms with Gasteiger partial charge in [0, 0.05) is 23.2 Å². The molecule has 0 radical (unpaired) electrons. The van der Waals surface area contributed by atoms with Crippen molar-refractivity contribution < 1.29 is 0 Å². The lowest BCUT2D eigenvalue weighted by Crippen LogP contribution is -2.05. The maximum Gasteiger partial charge on any atom is 0.0767 e. The molecular formula is C14H16ClN3. The van der Waals surface area contributed by atoms with E-state index in [9.17, 15) is 0 Å². The quantitative estimate of drug-likeness (QED) is 0.922. The Kier molecular flexibility index (Phi) is 2.88. The molecule has 1 aromatic carbocycles. The normalized spacial score (nSPS) is 15.1. The van der Waals surface area contributed by atoms with E-state index >= 15 is 0 Å². The third-order valence-corrected chi connectivity index (χ3v) is 3.87. The molecule has 1 fully saturated rings. The molecule has 1 aromatic heterocycles. The first-order valence-electron chi connectivity index (χ1n) is 6.25. The van der Waals surface area contributed by atoms with Crippen molar-refractivity contribution in [1.82, 2.24) is 9.78 Å². The molecule has 3 rings (SSSR count). The predicted molar refractivity (Wildman–Crippen MR) is 73.2 cm³/mol. The first-order valence-corrected chi connectivity index (χ1v) is 6.63. The van der Waals surface area contributed by atoms with E-state index in [4.69, 9.17) is 17.3 Å². The molecule has 3 nitrogen and oxygen atoms in total. The van der Waals surface area contributed by atoms with Crippen molar-refractivity contribution in [2.45, 2.75) is 32.2 Å². The monoisotopic (exact) mass is 261 g/mol. The van der Waals surface area contributed by atoms with Gasteiger partial charge in [0.15, 0.2) is 0 Å². The van der Waals surface area contributed by atoms with Gasteiger partial charge in [-0.2, -0.15) is 5.10 Å². The van der Waals surface area contributed by atoms with Crippen LogP contribution in [0.3, 0.4) is 0 Å². The second-order valence-corrected chi connectivity index (χ2v) is 5.24. The first-order chi connectivity index (χ1) is 8.70. The van der Waals surface area contributed by atoms with E-state index in [1.165, 1.54) is 18.5 Å². The average Bonchev–Trinajstić information content (AvgIpc) is 3.13. The van der Waals surface area contributed by atoms with E-state index in [2.05, 4.69) is 17.2 Å². The Labute approximate surface area is 112 Å². The molecule has 94 valence electrons. The molecule has 1 aliphatic rings. The lowest BCUT2D eigenvalue weighted by molar-refractivity contribution is 0.781. The van der Waals surface area contributed by atoms with Crippen molar-refractivity contribution in [3.05, 3.63) is 46.2 Å². The molecule has 2 N–H and O–H groups in total. The van der Waals surface area contributed by atoms with E-state index in [0.717, 1.165) is 22.0 Å². The van der Waals surface area contributed by atoms with Crippen LogP contribution in [0, 0.1) is 6.92 Å². The van der Waals surface area contributed by atoms with Crippen molar-refractivity contribution in [2.24, 2.45) is 5.73 Å². The highest BCUT2D eigenvalue weighted by Gasteiger charge is 2.28. The Hall–Kier alpha value is -1.32. The maximum absolute atomic E-state index is 6.19. The van der Waals surface area contributed by atoms with Crippen LogP contribution in [0.25, 0.3) is 5.69 Å². The third kappa shape index (κ3) is 1.93. The fraction of sp³-hybridized carbons (Fsp3) is 0.357. The highest BCUT2D eigenvalue weighted by molar-refractivity contribution is 6.31. The molecule has 4 heteroatoms. The van der Waals surface area contributed by atoms with Gasteiger partial charge >= 0.3 is 0 Å². The van der Waals surface area contributed by atoms with E-state index in [1.807, 2.05) is 23.7 Å². The highest BCUT2D eigenvalue weighted by atomic mass is 35.5. The molecule has 1 aliphatic carbocycles. The third-order valence-electron chi connectivity index (χ3n) is 3.46. The fourth-order valence-corrected chi connectivity index (χ4v) is 2.40. The molecule has 0 spiro atoms. The first kappa shape index (κ1) is 11.8. The molecule has 0 atom stereocenters. The van der Waals surface area contributed by atoms with E-state index < -0.39 is 0 Å². The molecule has 0 amide bonds.